The van der Waals surface area contributed by atoms with E-state index in [4.69, 9.17) is 0 Å². The molecule has 0 unspecified atom stereocenters. The largest absolute Gasteiger partial charge is 0.338 e. The first kappa shape index (κ1) is 16.3. The van der Waals surface area contributed by atoms with Gasteiger partial charge in [-0.1, -0.05) is 31.0 Å². The number of fused-ring (bicyclic) bond motifs is 2. The maximum atomic E-state index is 12.9. The predicted octanol–water partition coefficient (Wildman–Crippen LogP) is 2.89. The number of piperidine rings is 1. The van der Waals surface area contributed by atoms with Gasteiger partial charge in [-0.05, 0) is 44.6 Å². The highest BCUT2D eigenvalue weighted by molar-refractivity contribution is 5.83. The van der Waals surface area contributed by atoms with E-state index in [1.807, 2.05) is 36.1 Å². The third kappa shape index (κ3) is 2.96. The zero-order valence-electron chi connectivity index (χ0n) is 14.8. The van der Waals surface area contributed by atoms with E-state index < -0.39 is 0 Å². The standard InChI is InChI=1S/C20H25N3O2/c1-14-16-9-3-4-10-17(16)20(25)23(21-14)13-19(24)22-12-6-8-15-7-2-5-11-18(15)22/h3-4,9-10,15,18H,2,5-8,11-13H2,1H3/t15-,18+/m1/s1. The average molecular weight is 339 g/mol. The third-order valence-corrected chi connectivity index (χ3v) is 5.90. The quantitative estimate of drug-likeness (QED) is 0.845. The molecule has 0 radical (unpaired) electrons. The number of carbonyl (C=O) groups is 1. The summed E-state index contributed by atoms with van der Waals surface area (Å²) in [7, 11) is 0. The minimum absolute atomic E-state index is 0.0425. The molecule has 2 aliphatic rings. The van der Waals surface area contributed by atoms with E-state index in [-0.39, 0.29) is 18.0 Å². The van der Waals surface area contributed by atoms with Crippen LogP contribution in [0.4, 0.5) is 0 Å². The molecule has 0 spiro atoms. The summed E-state index contributed by atoms with van der Waals surface area (Å²) in [5, 5.41) is 5.89. The Morgan fingerprint density at radius 2 is 1.84 bits per heavy atom. The number of benzene rings is 1. The van der Waals surface area contributed by atoms with Gasteiger partial charge in [0.15, 0.2) is 0 Å². The molecule has 1 aromatic heterocycles. The monoisotopic (exact) mass is 339 g/mol. The third-order valence-electron chi connectivity index (χ3n) is 5.90. The molecular weight excluding hydrogens is 314 g/mol. The van der Waals surface area contributed by atoms with Gasteiger partial charge >= 0.3 is 0 Å². The highest BCUT2D eigenvalue weighted by Crippen LogP contribution is 2.35. The van der Waals surface area contributed by atoms with Gasteiger partial charge in [-0.3, -0.25) is 9.59 Å². The maximum Gasteiger partial charge on any atom is 0.275 e. The van der Waals surface area contributed by atoms with Crippen LogP contribution in [-0.2, 0) is 11.3 Å². The van der Waals surface area contributed by atoms with Crippen molar-refractivity contribution in [2.24, 2.45) is 5.92 Å². The van der Waals surface area contributed by atoms with Gasteiger partial charge in [0.25, 0.3) is 5.56 Å². The Kier molecular flexibility index (Phi) is 4.32. The second-order valence-electron chi connectivity index (χ2n) is 7.44. The van der Waals surface area contributed by atoms with Gasteiger partial charge in [0.05, 0.1) is 11.1 Å². The maximum absolute atomic E-state index is 12.9. The van der Waals surface area contributed by atoms with Crippen molar-refractivity contribution in [1.82, 2.24) is 14.7 Å². The van der Waals surface area contributed by atoms with Crippen LogP contribution in [0.25, 0.3) is 10.8 Å². The van der Waals surface area contributed by atoms with E-state index in [0.717, 1.165) is 30.5 Å². The van der Waals surface area contributed by atoms with Gasteiger partial charge in [0, 0.05) is 18.0 Å². The summed E-state index contributed by atoms with van der Waals surface area (Å²) in [4.78, 5) is 27.7. The first-order valence-corrected chi connectivity index (χ1v) is 9.41. The van der Waals surface area contributed by atoms with Crippen molar-refractivity contribution in [3.63, 3.8) is 0 Å². The van der Waals surface area contributed by atoms with Crippen molar-refractivity contribution in [1.29, 1.82) is 0 Å². The molecule has 4 rings (SSSR count). The number of hydrogen-bond acceptors (Lipinski definition) is 3. The fourth-order valence-electron chi connectivity index (χ4n) is 4.67. The average Bonchev–Trinajstić information content (AvgIpc) is 2.65. The zero-order valence-corrected chi connectivity index (χ0v) is 14.8. The summed E-state index contributed by atoms with van der Waals surface area (Å²) in [6.45, 7) is 2.76. The number of likely N-dealkylation sites (tertiary alicyclic amines) is 1. The van der Waals surface area contributed by atoms with Crippen molar-refractivity contribution < 1.29 is 4.79 Å². The van der Waals surface area contributed by atoms with Crippen molar-refractivity contribution in [2.45, 2.75) is 58.0 Å². The summed E-state index contributed by atoms with van der Waals surface area (Å²) in [6.07, 6.45) is 7.15. The minimum atomic E-state index is -0.174. The Labute approximate surface area is 147 Å². The highest BCUT2D eigenvalue weighted by Gasteiger charge is 2.35. The van der Waals surface area contributed by atoms with E-state index >= 15 is 0 Å². The van der Waals surface area contributed by atoms with Gasteiger partial charge in [0.1, 0.15) is 6.54 Å². The Hall–Kier alpha value is -2.17. The number of aryl methyl sites for hydroxylation is 1. The van der Waals surface area contributed by atoms with Crippen LogP contribution < -0.4 is 5.56 Å². The first-order valence-electron chi connectivity index (χ1n) is 9.41. The molecule has 25 heavy (non-hydrogen) atoms. The Bertz CT molecular complexity index is 856. The van der Waals surface area contributed by atoms with Crippen LogP contribution in [0.15, 0.2) is 29.1 Å². The zero-order chi connectivity index (χ0) is 17.4. The molecule has 1 aliphatic heterocycles. The fourth-order valence-corrected chi connectivity index (χ4v) is 4.67. The highest BCUT2D eigenvalue weighted by atomic mass is 16.2. The molecule has 1 aliphatic carbocycles. The summed E-state index contributed by atoms with van der Waals surface area (Å²) in [6, 6.07) is 7.84. The normalized spacial score (nSPS) is 23.5. The molecule has 0 bridgehead atoms. The van der Waals surface area contributed by atoms with Crippen LogP contribution in [0, 0.1) is 12.8 Å². The second-order valence-corrected chi connectivity index (χ2v) is 7.44. The molecule has 1 aromatic carbocycles. The van der Waals surface area contributed by atoms with Gasteiger partial charge in [0.2, 0.25) is 5.91 Å². The molecular formula is C20H25N3O2. The smallest absolute Gasteiger partial charge is 0.275 e. The van der Waals surface area contributed by atoms with Crippen molar-refractivity contribution in [2.75, 3.05) is 6.54 Å². The number of rotatable bonds is 2. The summed E-state index contributed by atoms with van der Waals surface area (Å²) in [5.74, 6) is 0.690. The molecule has 5 nitrogen and oxygen atoms in total. The van der Waals surface area contributed by atoms with Crippen LogP contribution in [-0.4, -0.2) is 33.2 Å². The van der Waals surface area contributed by atoms with E-state index in [0.29, 0.717) is 17.3 Å². The van der Waals surface area contributed by atoms with E-state index in [1.165, 1.54) is 30.4 Å². The molecule has 2 atom stereocenters. The molecule has 5 heteroatoms. The minimum Gasteiger partial charge on any atom is -0.338 e. The van der Waals surface area contributed by atoms with Crippen molar-refractivity contribution >= 4 is 16.7 Å². The molecule has 1 saturated heterocycles. The number of amides is 1. The van der Waals surface area contributed by atoms with Crippen LogP contribution in [0.1, 0.15) is 44.2 Å². The molecule has 1 amide bonds. The molecule has 2 fully saturated rings. The van der Waals surface area contributed by atoms with Crippen LogP contribution >= 0.6 is 0 Å². The number of hydrogen-bond donors (Lipinski definition) is 0. The predicted molar refractivity (Wildman–Crippen MR) is 97.4 cm³/mol. The number of carbonyl (C=O) groups excluding carboxylic acids is 1. The Morgan fingerprint density at radius 3 is 2.68 bits per heavy atom. The molecule has 1 saturated carbocycles. The fraction of sp³-hybridized carbons (Fsp3) is 0.550. The second kappa shape index (κ2) is 6.62. The van der Waals surface area contributed by atoms with Gasteiger partial charge in [-0.25, -0.2) is 4.68 Å². The summed E-state index contributed by atoms with van der Waals surface area (Å²) in [5.41, 5.74) is 0.615. The molecule has 2 aromatic rings. The molecule has 2 heterocycles. The van der Waals surface area contributed by atoms with Crippen LogP contribution in [0.2, 0.25) is 0 Å². The van der Waals surface area contributed by atoms with Gasteiger partial charge in [-0.2, -0.15) is 5.10 Å². The van der Waals surface area contributed by atoms with Crippen LogP contribution in [0.5, 0.6) is 0 Å². The van der Waals surface area contributed by atoms with Gasteiger partial charge < -0.3 is 4.90 Å². The van der Waals surface area contributed by atoms with Gasteiger partial charge in [-0.15, -0.1) is 0 Å². The lowest BCUT2D eigenvalue weighted by atomic mass is 9.78. The Balaban J connectivity index is 1.61. The Morgan fingerprint density at radius 1 is 1.12 bits per heavy atom. The lowest BCUT2D eigenvalue weighted by molar-refractivity contribution is -0.138. The summed E-state index contributed by atoms with van der Waals surface area (Å²) >= 11 is 0. The SMILES string of the molecule is Cc1nn(CC(=O)N2CCC[C@H]3CCCC[C@@H]32)c(=O)c2ccccc12. The lowest BCUT2D eigenvalue weighted by Crippen LogP contribution is -2.51. The van der Waals surface area contributed by atoms with Crippen molar-refractivity contribution in [3.8, 4) is 0 Å². The van der Waals surface area contributed by atoms with Crippen molar-refractivity contribution in [3.05, 3.63) is 40.3 Å². The number of aromatic nitrogens is 2. The summed E-state index contributed by atoms with van der Waals surface area (Å²) < 4.78 is 1.35. The van der Waals surface area contributed by atoms with Crippen LogP contribution in [0.3, 0.4) is 0 Å². The first-order chi connectivity index (χ1) is 12.1. The van der Waals surface area contributed by atoms with E-state index in [2.05, 4.69) is 5.10 Å². The topological polar surface area (TPSA) is 55.2 Å². The molecule has 0 N–H and O–H groups in total. The number of nitrogens with zero attached hydrogens (tertiary/aromatic N) is 3. The lowest BCUT2D eigenvalue weighted by Gasteiger charge is -2.44. The van der Waals surface area contributed by atoms with E-state index in [9.17, 15) is 9.59 Å². The molecule has 132 valence electrons. The van der Waals surface area contributed by atoms with E-state index in [1.54, 1.807) is 0 Å².